The van der Waals surface area contributed by atoms with Gasteiger partial charge in [-0.1, -0.05) is 114 Å². The first kappa shape index (κ1) is 36.7. The van der Waals surface area contributed by atoms with Gasteiger partial charge in [-0.15, -0.1) is 0 Å². The Morgan fingerprint density at radius 1 is 0.796 bits per heavy atom. The highest BCUT2D eigenvalue weighted by Crippen LogP contribution is 2.32. The lowest BCUT2D eigenvalue weighted by Crippen LogP contribution is -2.55. The molecule has 4 aromatic carbocycles. The first-order valence-electron chi connectivity index (χ1n) is 16.4. The average molecular weight is 741 g/mol. The minimum absolute atomic E-state index is 0.00558. The summed E-state index contributed by atoms with van der Waals surface area (Å²) in [4.78, 5) is 30.5. The number of carbonyl (C=O) groups is 2. The molecule has 5 rings (SSSR count). The summed E-state index contributed by atoms with van der Waals surface area (Å²) in [6.45, 7) is 2.98. The van der Waals surface area contributed by atoms with E-state index in [1.54, 1.807) is 55.5 Å². The maximum absolute atomic E-state index is 14.8. The van der Waals surface area contributed by atoms with Crippen molar-refractivity contribution in [3.05, 3.63) is 128 Å². The Kier molecular flexibility index (Phi) is 12.3. The highest BCUT2D eigenvalue weighted by molar-refractivity contribution is 7.92. The van der Waals surface area contributed by atoms with Gasteiger partial charge in [0.25, 0.3) is 10.0 Å². The predicted molar refractivity (Wildman–Crippen MR) is 198 cm³/mol. The van der Waals surface area contributed by atoms with Crippen LogP contribution in [0.2, 0.25) is 15.1 Å². The third-order valence-corrected chi connectivity index (χ3v) is 11.9. The van der Waals surface area contributed by atoms with E-state index in [-0.39, 0.29) is 35.5 Å². The van der Waals surface area contributed by atoms with Crippen molar-refractivity contribution in [2.24, 2.45) is 0 Å². The molecule has 0 aromatic heterocycles. The Labute approximate surface area is 304 Å². The molecule has 2 amide bonds. The van der Waals surface area contributed by atoms with Crippen molar-refractivity contribution in [3.63, 3.8) is 0 Å². The predicted octanol–water partition coefficient (Wildman–Crippen LogP) is 8.55. The minimum Gasteiger partial charge on any atom is -0.352 e. The van der Waals surface area contributed by atoms with Crippen LogP contribution < -0.4 is 9.62 Å². The van der Waals surface area contributed by atoms with Crippen molar-refractivity contribution in [2.75, 3.05) is 10.8 Å². The van der Waals surface area contributed by atoms with Gasteiger partial charge in [-0.2, -0.15) is 0 Å². The summed E-state index contributed by atoms with van der Waals surface area (Å²) in [5, 5.41) is 4.23. The van der Waals surface area contributed by atoms with Crippen LogP contribution in [0.25, 0.3) is 0 Å². The van der Waals surface area contributed by atoms with Crippen LogP contribution in [-0.2, 0) is 32.6 Å². The number of hydrogen-bond donors (Lipinski definition) is 1. The van der Waals surface area contributed by atoms with Gasteiger partial charge in [0.05, 0.1) is 20.6 Å². The molecular weight excluding hydrogens is 701 g/mol. The summed E-state index contributed by atoms with van der Waals surface area (Å²) < 4.78 is 29.8. The number of halogens is 3. The second-order valence-corrected chi connectivity index (χ2v) is 15.6. The van der Waals surface area contributed by atoms with E-state index in [1.807, 2.05) is 37.3 Å². The molecule has 0 saturated heterocycles. The fraction of sp³-hybridized carbons (Fsp3) is 0.316. The number of nitrogens with one attached hydrogen (secondary N) is 1. The second kappa shape index (κ2) is 16.4. The number of sulfonamides is 1. The molecule has 0 spiro atoms. The number of carbonyl (C=O) groups excluding carboxylic acids is 2. The molecule has 49 heavy (non-hydrogen) atoms. The molecule has 0 unspecified atom stereocenters. The van der Waals surface area contributed by atoms with Crippen molar-refractivity contribution >= 4 is 62.3 Å². The summed E-state index contributed by atoms with van der Waals surface area (Å²) in [5.41, 5.74) is 3.15. The van der Waals surface area contributed by atoms with Gasteiger partial charge < -0.3 is 10.2 Å². The van der Waals surface area contributed by atoms with Crippen molar-refractivity contribution in [3.8, 4) is 0 Å². The standard InChI is InChI=1S/C38H40Cl3N3O4S/c1-26-16-19-31(20-17-26)49(47,48)44(35-15-9-14-32(39)27(35)2)25-37(45)43(24-29-18-21-33(40)34(41)22-29)36(23-28-10-5-3-6-11-28)38(46)42-30-12-7-4-8-13-30/h3,5-6,9-11,14-22,30,36H,4,7-8,12-13,23-25H2,1-2H3,(H,42,46)/t36-/m1/s1. The average Bonchev–Trinajstić information content (AvgIpc) is 3.09. The monoisotopic (exact) mass is 739 g/mol. The van der Waals surface area contributed by atoms with Crippen molar-refractivity contribution < 1.29 is 18.0 Å². The maximum Gasteiger partial charge on any atom is 0.264 e. The van der Waals surface area contributed by atoms with E-state index in [2.05, 4.69) is 5.32 Å². The van der Waals surface area contributed by atoms with Crippen LogP contribution in [-0.4, -0.2) is 43.8 Å². The molecular formula is C38H40Cl3N3O4S. The Morgan fingerprint density at radius 2 is 1.49 bits per heavy atom. The van der Waals surface area contributed by atoms with Gasteiger partial charge in [-0.3, -0.25) is 13.9 Å². The Hall–Kier alpha value is -3.56. The zero-order valence-corrected chi connectivity index (χ0v) is 30.6. The molecule has 4 aromatic rings. The van der Waals surface area contributed by atoms with Gasteiger partial charge >= 0.3 is 0 Å². The van der Waals surface area contributed by atoms with Crippen molar-refractivity contribution in [1.82, 2.24) is 10.2 Å². The summed E-state index contributed by atoms with van der Waals surface area (Å²) >= 11 is 19.1. The molecule has 1 atom stereocenters. The molecule has 0 aliphatic heterocycles. The van der Waals surface area contributed by atoms with Crippen LogP contribution in [0.5, 0.6) is 0 Å². The van der Waals surface area contributed by atoms with Crippen LogP contribution in [0, 0.1) is 13.8 Å². The number of anilines is 1. The van der Waals surface area contributed by atoms with Crippen LogP contribution in [0.1, 0.15) is 54.4 Å². The molecule has 1 aliphatic rings. The SMILES string of the molecule is Cc1ccc(S(=O)(=O)N(CC(=O)N(Cc2ccc(Cl)c(Cl)c2)[C@H](Cc2ccccc2)C(=O)NC2CCCCC2)c2cccc(Cl)c2C)cc1. The van der Waals surface area contributed by atoms with Crippen LogP contribution in [0.3, 0.4) is 0 Å². The molecule has 7 nitrogen and oxygen atoms in total. The highest BCUT2D eigenvalue weighted by Gasteiger charge is 2.36. The number of hydrogen-bond acceptors (Lipinski definition) is 4. The van der Waals surface area contributed by atoms with E-state index in [1.165, 1.54) is 17.0 Å². The number of amides is 2. The van der Waals surface area contributed by atoms with Crippen LogP contribution in [0.15, 0.2) is 95.9 Å². The normalized spacial score (nSPS) is 14.2. The Bertz CT molecular complexity index is 1880. The highest BCUT2D eigenvalue weighted by atomic mass is 35.5. The first-order chi connectivity index (χ1) is 23.4. The van der Waals surface area contributed by atoms with E-state index in [9.17, 15) is 18.0 Å². The summed E-state index contributed by atoms with van der Waals surface area (Å²) in [7, 11) is -4.26. The summed E-state index contributed by atoms with van der Waals surface area (Å²) in [5.74, 6) is -0.864. The molecule has 11 heteroatoms. The van der Waals surface area contributed by atoms with E-state index < -0.39 is 28.5 Å². The summed E-state index contributed by atoms with van der Waals surface area (Å²) in [6.07, 6.45) is 5.10. The number of rotatable bonds is 12. The largest absolute Gasteiger partial charge is 0.352 e. The Morgan fingerprint density at radius 3 is 2.16 bits per heavy atom. The number of nitrogens with zero attached hydrogens (tertiary/aromatic N) is 2. The molecule has 258 valence electrons. The van der Waals surface area contributed by atoms with Crippen molar-refractivity contribution in [2.45, 2.75) is 75.9 Å². The molecule has 0 heterocycles. The molecule has 0 bridgehead atoms. The lowest BCUT2D eigenvalue weighted by atomic mass is 9.94. The summed E-state index contributed by atoms with van der Waals surface area (Å²) in [6, 6.07) is 24.9. The smallest absolute Gasteiger partial charge is 0.264 e. The molecule has 1 fully saturated rings. The zero-order chi connectivity index (χ0) is 35.1. The van der Waals surface area contributed by atoms with Gasteiger partial charge in [0.15, 0.2) is 0 Å². The topological polar surface area (TPSA) is 86.8 Å². The lowest BCUT2D eigenvalue weighted by Gasteiger charge is -2.35. The van der Waals surface area contributed by atoms with Gasteiger partial charge in [0.2, 0.25) is 11.8 Å². The molecule has 0 radical (unpaired) electrons. The Balaban J connectivity index is 1.60. The maximum atomic E-state index is 14.8. The number of benzene rings is 4. The molecule has 1 saturated carbocycles. The zero-order valence-electron chi connectivity index (χ0n) is 27.5. The fourth-order valence-corrected chi connectivity index (χ4v) is 8.11. The van der Waals surface area contributed by atoms with Crippen LogP contribution >= 0.6 is 34.8 Å². The van der Waals surface area contributed by atoms with Gasteiger partial charge in [0, 0.05) is 24.0 Å². The first-order valence-corrected chi connectivity index (χ1v) is 18.9. The number of aryl methyl sites for hydroxylation is 1. The van der Waals surface area contributed by atoms with Gasteiger partial charge in [-0.05, 0) is 79.8 Å². The van der Waals surface area contributed by atoms with Crippen molar-refractivity contribution in [1.29, 1.82) is 0 Å². The van der Waals surface area contributed by atoms with Gasteiger partial charge in [-0.25, -0.2) is 8.42 Å². The van der Waals surface area contributed by atoms with Crippen LogP contribution in [0.4, 0.5) is 5.69 Å². The second-order valence-electron chi connectivity index (χ2n) is 12.5. The third kappa shape index (κ3) is 9.17. The van der Waals surface area contributed by atoms with Gasteiger partial charge in [0.1, 0.15) is 12.6 Å². The third-order valence-electron chi connectivity index (χ3n) is 8.96. The van der Waals surface area contributed by atoms with E-state index in [0.717, 1.165) is 47.5 Å². The van der Waals surface area contributed by atoms with E-state index in [0.29, 0.717) is 26.2 Å². The molecule has 1 aliphatic carbocycles. The quantitative estimate of drug-likeness (QED) is 0.158. The minimum atomic E-state index is -4.26. The van der Waals surface area contributed by atoms with E-state index in [4.69, 9.17) is 34.8 Å². The fourth-order valence-electron chi connectivity index (χ4n) is 6.15. The lowest BCUT2D eigenvalue weighted by molar-refractivity contribution is -0.140. The molecule has 1 N–H and O–H groups in total. The van der Waals surface area contributed by atoms with E-state index >= 15 is 0 Å².